The van der Waals surface area contributed by atoms with Gasteiger partial charge in [-0.15, -0.1) is 0 Å². The van der Waals surface area contributed by atoms with E-state index in [1.54, 1.807) is 30.4 Å². The van der Waals surface area contributed by atoms with Gasteiger partial charge in [0, 0.05) is 12.6 Å². The van der Waals surface area contributed by atoms with Crippen LogP contribution >= 0.6 is 24.0 Å². The van der Waals surface area contributed by atoms with Crippen LogP contribution in [-0.4, -0.2) is 28.8 Å². The molecule has 0 radical (unpaired) electrons. The highest BCUT2D eigenvalue weighted by Gasteiger charge is 2.31. The standard InChI is InChI=1S/C17H15NO3S2/c1-20-13-6-4-12(5-7-13)8-9-18-16(19)15(23-17(18)22)11-14-3-2-10-21-14/h2-7,10-11H,8-9H2,1H3/b15-11+. The first-order valence-electron chi connectivity index (χ1n) is 7.09. The summed E-state index contributed by atoms with van der Waals surface area (Å²) in [5.41, 5.74) is 1.13. The number of carbonyl (C=O) groups is 1. The average molecular weight is 345 g/mol. The molecule has 0 aliphatic carbocycles. The van der Waals surface area contributed by atoms with Crippen LogP contribution in [-0.2, 0) is 11.2 Å². The van der Waals surface area contributed by atoms with Crippen LogP contribution < -0.4 is 4.74 Å². The largest absolute Gasteiger partial charge is 0.497 e. The number of amides is 1. The van der Waals surface area contributed by atoms with E-state index in [0.29, 0.717) is 21.5 Å². The van der Waals surface area contributed by atoms with Crippen molar-refractivity contribution in [1.29, 1.82) is 0 Å². The molecule has 0 N–H and O–H groups in total. The lowest BCUT2D eigenvalue weighted by Crippen LogP contribution is -2.30. The SMILES string of the molecule is COc1ccc(CCN2C(=O)/C(=C\c3ccco3)SC2=S)cc1. The number of furan rings is 1. The lowest BCUT2D eigenvalue weighted by molar-refractivity contribution is -0.122. The van der Waals surface area contributed by atoms with E-state index in [4.69, 9.17) is 21.4 Å². The van der Waals surface area contributed by atoms with Crippen LogP contribution in [0.4, 0.5) is 0 Å². The molecule has 0 spiro atoms. The summed E-state index contributed by atoms with van der Waals surface area (Å²) < 4.78 is 11.0. The number of hydrogen-bond donors (Lipinski definition) is 0. The van der Waals surface area contributed by atoms with Crippen molar-refractivity contribution in [2.45, 2.75) is 6.42 Å². The second-order valence-electron chi connectivity index (χ2n) is 4.95. The molecule has 2 aromatic rings. The Morgan fingerprint density at radius 1 is 1.30 bits per heavy atom. The highest BCUT2D eigenvalue weighted by atomic mass is 32.2. The van der Waals surface area contributed by atoms with Crippen LogP contribution in [0.1, 0.15) is 11.3 Å². The topological polar surface area (TPSA) is 42.7 Å². The van der Waals surface area contributed by atoms with E-state index in [1.807, 2.05) is 30.3 Å². The Hall–Kier alpha value is -2.05. The molecule has 1 aromatic carbocycles. The first-order valence-corrected chi connectivity index (χ1v) is 8.31. The third kappa shape index (κ3) is 3.65. The van der Waals surface area contributed by atoms with Crippen LogP contribution in [0.2, 0.25) is 0 Å². The summed E-state index contributed by atoms with van der Waals surface area (Å²) in [6, 6.07) is 11.4. The molecule has 1 aliphatic heterocycles. The normalized spacial score (nSPS) is 16.4. The summed E-state index contributed by atoms with van der Waals surface area (Å²) in [4.78, 5) is 14.7. The second-order valence-corrected chi connectivity index (χ2v) is 6.62. The first-order chi connectivity index (χ1) is 11.2. The van der Waals surface area contributed by atoms with Gasteiger partial charge in [-0.3, -0.25) is 9.69 Å². The number of benzene rings is 1. The van der Waals surface area contributed by atoms with Gasteiger partial charge in [-0.05, 0) is 36.2 Å². The Morgan fingerprint density at radius 3 is 2.74 bits per heavy atom. The molecule has 4 nitrogen and oxygen atoms in total. The molecule has 0 saturated carbocycles. The van der Waals surface area contributed by atoms with E-state index in [0.717, 1.165) is 17.7 Å². The number of carbonyl (C=O) groups excluding carboxylic acids is 1. The maximum Gasteiger partial charge on any atom is 0.266 e. The van der Waals surface area contributed by atoms with Crippen molar-refractivity contribution in [3.63, 3.8) is 0 Å². The van der Waals surface area contributed by atoms with Crippen LogP contribution in [0.3, 0.4) is 0 Å². The van der Waals surface area contributed by atoms with Gasteiger partial charge in [-0.2, -0.15) is 0 Å². The van der Waals surface area contributed by atoms with E-state index in [2.05, 4.69) is 0 Å². The Balaban J connectivity index is 1.66. The van der Waals surface area contributed by atoms with Crippen molar-refractivity contribution in [2.24, 2.45) is 0 Å². The quantitative estimate of drug-likeness (QED) is 0.610. The van der Waals surface area contributed by atoms with E-state index < -0.39 is 0 Å². The van der Waals surface area contributed by atoms with Crippen molar-refractivity contribution >= 4 is 40.3 Å². The fourth-order valence-electron chi connectivity index (χ4n) is 2.23. The molecule has 0 unspecified atom stereocenters. The summed E-state index contributed by atoms with van der Waals surface area (Å²) in [7, 11) is 1.64. The highest BCUT2D eigenvalue weighted by Crippen LogP contribution is 2.32. The summed E-state index contributed by atoms with van der Waals surface area (Å²) in [6.45, 7) is 0.562. The second kappa shape index (κ2) is 7.02. The van der Waals surface area contributed by atoms with Crippen LogP contribution in [0.25, 0.3) is 6.08 Å². The maximum atomic E-state index is 12.5. The highest BCUT2D eigenvalue weighted by molar-refractivity contribution is 8.26. The molecule has 6 heteroatoms. The lowest BCUT2D eigenvalue weighted by Gasteiger charge is -2.14. The van der Waals surface area contributed by atoms with Gasteiger partial charge in [-0.25, -0.2) is 0 Å². The lowest BCUT2D eigenvalue weighted by atomic mass is 10.1. The Morgan fingerprint density at radius 2 is 2.09 bits per heavy atom. The third-order valence-electron chi connectivity index (χ3n) is 3.47. The van der Waals surface area contributed by atoms with E-state index >= 15 is 0 Å². The number of thioether (sulfide) groups is 1. The molecule has 1 aliphatic rings. The zero-order valence-electron chi connectivity index (χ0n) is 12.5. The number of hydrogen-bond acceptors (Lipinski definition) is 5. The molecular formula is C17H15NO3S2. The van der Waals surface area contributed by atoms with Gasteiger partial charge in [-0.1, -0.05) is 36.1 Å². The van der Waals surface area contributed by atoms with Gasteiger partial charge in [0.1, 0.15) is 15.8 Å². The zero-order chi connectivity index (χ0) is 16.2. The van der Waals surface area contributed by atoms with Gasteiger partial charge in [0.05, 0.1) is 18.3 Å². The third-order valence-corrected chi connectivity index (χ3v) is 4.85. The fourth-order valence-corrected chi connectivity index (χ4v) is 3.52. The number of nitrogens with zero attached hydrogens (tertiary/aromatic N) is 1. The predicted octanol–water partition coefficient (Wildman–Crippen LogP) is 3.73. The maximum absolute atomic E-state index is 12.5. The fraction of sp³-hybridized carbons (Fsp3) is 0.176. The Kier molecular flexibility index (Phi) is 4.83. The van der Waals surface area contributed by atoms with Crippen molar-refractivity contribution in [2.75, 3.05) is 13.7 Å². The van der Waals surface area contributed by atoms with Gasteiger partial charge >= 0.3 is 0 Å². The molecule has 3 rings (SSSR count). The van der Waals surface area contributed by atoms with Crippen LogP contribution in [0.15, 0.2) is 52.0 Å². The summed E-state index contributed by atoms with van der Waals surface area (Å²) in [5, 5.41) is 0. The average Bonchev–Trinajstić information content (AvgIpc) is 3.16. The minimum absolute atomic E-state index is 0.0649. The molecule has 1 aromatic heterocycles. The Bertz CT molecular complexity index is 736. The van der Waals surface area contributed by atoms with Crippen molar-refractivity contribution in [1.82, 2.24) is 4.90 Å². The molecule has 118 valence electrons. The van der Waals surface area contributed by atoms with Crippen molar-refractivity contribution < 1.29 is 13.9 Å². The Labute approximate surface area is 144 Å². The summed E-state index contributed by atoms with van der Waals surface area (Å²) >= 11 is 6.63. The van der Waals surface area contributed by atoms with E-state index in [1.165, 1.54) is 11.8 Å². The van der Waals surface area contributed by atoms with Gasteiger partial charge in [0.25, 0.3) is 5.91 Å². The minimum Gasteiger partial charge on any atom is -0.497 e. The van der Waals surface area contributed by atoms with Gasteiger partial charge in [0.2, 0.25) is 0 Å². The minimum atomic E-state index is -0.0649. The first kappa shape index (κ1) is 15.8. The van der Waals surface area contributed by atoms with E-state index in [9.17, 15) is 4.79 Å². The van der Waals surface area contributed by atoms with Crippen LogP contribution in [0, 0.1) is 0 Å². The van der Waals surface area contributed by atoms with E-state index in [-0.39, 0.29) is 5.91 Å². The monoisotopic (exact) mass is 345 g/mol. The summed E-state index contributed by atoms with van der Waals surface area (Å²) in [6.07, 6.45) is 4.05. The molecule has 0 atom stereocenters. The molecular weight excluding hydrogens is 330 g/mol. The number of methoxy groups -OCH3 is 1. The zero-order valence-corrected chi connectivity index (χ0v) is 14.2. The molecule has 0 bridgehead atoms. The molecule has 2 heterocycles. The summed E-state index contributed by atoms with van der Waals surface area (Å²) in [5.74, 6) is 1.41. The molecule has 1 amide bonds. The van der Waals surface area contributed by atoms with Gasteiger partial charge in [0.15, 0.2) is 0 Å². The van der Waals surface area contributed by atoms with Crippen molar-refractivity contribution in [3.8, 4) is 5.75 Å². The smallest absolute Gasteiger partial charge is 0.266 e. The van der Waals surface area contributed by atoms with Crippen LogP contribution in [0.5, 0.6) is 5.75 Å². The molecule has 1 fully saturated rings. The number of ether oxygens (including phenoxy) is 1. The number of rotatable bonds is 5. The molecule has 1 saturated heterocycles. The van der Waals surface area contributed by atoms with Crippen molar-refractivity contribution in [3.05, 3.63) is 58.9 Å². The number of thiocarbonyl (C=S) groups is 1. The molecule has 23 heavy (non-hydrogen) atoms. The predicted molar refractivity (Wildman–Crippen MR) is 95.3 cm³/mol. The van der Waals surface area contributed by atoms with Gasteiger partial charge < -0.3 is 9.15 Å².